The van der Waals surface area contributed by atoms with E-state index in [9.17, 15) is 9.59 Å². The van der Waals surface area contributed by atoms with Gasteiger partial charge >= 0.3 is 0 Å². The van der Waals surface area contributed by atoms with Gasteiger partial charge in [-0.1, -0.05) is 41.9 Å². The fourth-order valence-corrected chi connectivity index (χ4v) is 2.84. The van der Waals surface area contributed by atoms with Crippen LogP contribution in [0.1, 0.15) is 31.8 Å². The minimum absolute atomic E-state index is 0.181. The summed E-state index contributed by atoms with van der Waals surface area (Å²) >= 11 is 5.93. The Labute approximate surface area is 163 Å². The molecule has 0 aliphatic rings. The number of nitrogens with one attached hydrogen (secondary N) is 2. The zero-order valence-electron chi connectivity index (χ0n) is 14.8. The summed E-state index contributed by atoms with van der Waals surface area (Å²) in [7, 11) is 0. The molecule has 5 heteroatoms. The van der Waals surface area contributed by atoms with Gasteiger partial charge in [0.05, 0.1) is 0 Å². The molecule has 0 atom stereocenters. The number of rotatable bonds is 5. The monoisotopic (exact) mass is 378 g/mol. The summed E-state index contributed by atoms with van der Waals surface area (Å²) in [4.78, 5) is 24.6. The molecule has 3 rings (SSSR count). The van der Waals surface area contributed by atoms with E-state index in [1.165, 1.54) is 0 Å². The summed E-state index contributed by atoms with van der Waals surface area (Å²) < 4.78 is 0. The minimum Gasteiger partial charge on any atom is -0.348 e. The summed E-state index contributed by atoms with van der Waals surface area (Å²) in [5.41, 5.74) is 3.59. The third-order valence-corrected chi connectivity index (χ3v) is 4.38. The fourth-order valence-electron chi connectivity index (χ4n) is 2.62. The van der Waals surface area contributed by atoms with Gasteiger partial charge in [0.2, 0.25) is 0 Å². The molecule has 0 unspecified atom stereocenters. The Morgan fingerprint density at radius 2 is 1.48 bits per heavy atom. The predicted octanol–water partition coefficient (Wildman–Crippen LogP) is 4.83. The van der Waals surface area contributed by atoms with Crippen molar-refractivity contribution in [3.05, 3.63) is 100 Å². The second-order valence-corrected chi connectivity index (χ2v) is 6.60. The van der Waals surface area contributed by atoms with E-state index in [4.69, 9.17) is 11.6 Å². The van der Waals surface area contributed by atoms with Gasteiger partial charge in [0.25, 0.3) is 11.8 Å². The minimum atomic E-state index is -0.239. The number of aryl methyl sites for hydroxylation is 1. The largest absolute Gasteiger partial charge is 0.348 e. The van der Waals surface area contributed by atoms with Crippen LogP contribution >= 0.6 is 11.6 Å². The van der Waals surface area contributed by atoms with Crippen molar-refractivity contribution in [1.82, 2.24) is 5.32 Å². The highest BCUT2D eigenvalue weighted by Gasteiger charge is 2.10. The number of benzene rings is 3. The number of amides is 2. The first-order valence-corrected chi connectivity index (χ1v) is 8.90. The lowest BCUT2D eigenvalue weighted by molar-refractivity contribution is 0.0949. The molecule has 27 heavy (non-hydrogen) atoms. The molecular formula is C22H19ClN2O2. The highest BCUT2D eigenvalue weighted by Crippen LogP contribution is 2.20. The van der Waals surface area contributed by atoms with Crippen LogP contribution in [0.3, 0.4) is 0 Å². The van der Waals surface area contributed by atoms with Crippen LogP contribution in [0, 0.1) is 6.92 Å². The maximum atomic E-state index is 12.4. The quantitative estimate of drug-likeness (QED) is 0.668. The number of carbonyl (C=O) groups excluding carboxylic acids is 2. The molecule has 0 heterocycles. The van der Waals surface area contributed by atoms with Gasteiger partial charge in [0.1, 0.15) is 0 Å². The van der Waals surface area contributed by atoms with Gasteiger partial charge < -0.3 is 10.6 Å². The molecule has 0 radical (unpaired) electrons. The molecule has 0 aliphatic heterocycles. The van der Waals surface area contributed by atoms with Crippen molar-refractivity contribution in [2.24, 2.45) is 0 Å². The number of hydrogen-bond acceptors (Lipinski definition) is 2. The van der Waals surface area contributed by atoms with E-state index < -0.39 is 0 Å². The lowest BCUT2D eigenvalue weighted by atomic mass is 10.1. The number of halogens is 1. The SMILES string of the molecule is Cc1cc(Cl)ccc1NC(=O)c1ccc(C(=O)NCc2ccccc2)cc1. The van der Waals surface area contributed by atoms with Crippen LogP contribution in [0.5, 0.6) is 0 Å². The number of hydrogen-bond donors (Lipinski definition) is 2. The van der Waals surface area contributed by atoms with Crippen LogP contribution in [0.15, 0.2) is 72.8 Å². The van der Waals surface area contributed by atoms with Crippen LogP contribution in [0.25, 0.3) is 0 Å². The molecule has 0 saturated heterocycles. The molecule has 0 fully saturated rings. The second-order valence-electron chi connectivity index (χ2n) is 6.16. The van der Waals surface area contributed by atoms with E-state index in [-0.39, 0.29) is 11.8 Å². The molecule has 0 aliphatic carbocycles. The molecular weight excluding hydrogens is 360 g/mol. The van der Waals surface area contributed by atoms with Crippen molar-refractivity contribution in [2.45, 2.75) is 13.5 Å². The zero-order chi connectivity index (χ0) is 19.2. The Morgan fingerprint density at radius 1 is 0.852 bits per heavy atom. The van der Waals surface area contributed by atoms with Crippen LogP contribution < -0.4 is 10.6 Å². The normalized spacial score (nSPS) is 10.3. The first-order valence-electron chi connectivity index (χ1n) is 8.52. The smallest absolute Gasteiger partial charge is 0.255 e. The van der Waals surface area contributed by atoms with Gasteiger partial charge in [-0.3, -0.25) is 9.59 Å². The standard InChI is InChI=1S/C22H19ClN2O2/c1-15-13-19(23)11-12-20(15)25-22(27)18-9-7-17(8-10-18)21(26)24-14-16-5-3-2-4-6-16/h2-13H,14H2,1H3,(H,24,26)(H,25,27). The Hall–Kier alpha value is -3.11. The van der Waals surface area contributed by atoms with Crippen molar-refractivity contribution < 1.29 is 9.59 Å². The van der Waals surface area contributed by atoms with E-state index in [1.54, 1.807) is 42.5 Å². The lowest BCUT2D eigenvalue weighted by Gasteiger charge is -2.09. The van der Waals surface area contributed by atoms with Crippen LogP contribution in [0.4, 0.5) is 5.69 Å². The van der Waals surface area contributed by atoms with Crippen molar-refractivity contribution in [3.63, 3.8) is 0 Å². The second kappa shape index (κ2) is 8.52. The average molecular weight is 379 g/mol. The molecule has 3 aromatic carbocycles. The van der Waals surface area contributed by atoms with E-state index in [0.717, 1.165) is 11.1 Å². The van der Waals surface area contributed by atoms with Gasteiger partial charge in [0, 0.05) is 28.4 Å². The van der Waals surface area contributed by atoms with Crippen molar-refractivity contribution >= 4 is 29.1 Å². The van der Waals surface area contributed by atoms with Gasteiger partial charge in [-0.2, -0.15) is 0 Å². The molecule has 0 spiro atoms. The van der Waals surface area contributed by atoms with Gasteiger partial charge in [-0.25, -0.2) is 0 Å². The third-order valence-electron chi connectivity index (χ3n) is 4.14. The number of anilines is 1. The maximum absolute atomic E-state index is 12.4. The third kappa shape index (κ3) is 4.96. The first-order chi connectivity index (χ1) is 13.0. The van der Waals surface area contributed by atoms with E-state index in [1.807, 2.05) is 37.3 Å². The van der Waals surface area contributed by atoms with Crippen molar-refractivity contribution in [2.75, 3.05) is 5.32 Å². The van der Waals surface area contributed by atoms with Crippen LogP contribution in [0.2, 0.25) is 5.02 Å². The first kappa shape index (κ1) is 18.7. The molecule has 136 valence electrons. The van der Waals surface area contributed by atoms with Crippen molar-refractivity contribution in [1.29, 1.82) is 0 Å². The summed E-state index contributed by atoms with van der Waals surface area (Å²) in [5.74, 6) is -0.420. The highest BCUT2D eigenvalue weighted by atomic mass is 35.5. The highest BCUT2D eigenvalue weighted by molar-refractivity contribution is 6.30. The summed E-state index contributed by atoms with van der Waals surface area (Å²) in [6.07, 6.45) is 0. The Balaban J connectivity index is 1.62. The maximum Gasteiger partial charge on any atom is 0.255 e. The van der Waals surface area contributed by atoms with Crippen LogP contribution in [-0.2, 0) is 6.54 Å². The van der Waals surface area contributed by atoms with Crippen molar-refractivity contribution in [3.8, 4) is 0 Å². The lowest BCUT2D eigenvalue weighted by Crippen LogP contribution is -2.23. The molecule has 0 aromatic heterocycles. The topological polar surface area (TPSA) is 58.2 Å². The van der Waals surface area contributed by atoms with Gasteiger partial charge in [0.15, 0.2) is 0 Å². The Kier molecular flexibility index (Phi) is 5.89. The molecule has 2 amide bonds. The predicted molar refractivity (Wildman–Crippen MR) is 108 cm³/mol. The Bertz CT molecular complexity index is 954. The zero-order valence-corrected chi connectivity index (χ0v) is 15.6. The van der Waals surface area contributed by atoms with E-state index in [0.29, 0.717) is 28.4 Å². The molecule has 0 saturated carbocycles. The summed E-state index contributed by atoms with van der Waals surface area (Å²) in [6, 6.07) is 21.5. The fraction of sp³-hybridized carbons (Fsp3) is 0.0909. The van der Waals surface area contributed by atoms with Crippen LogP contribution in [-0.4, -0.2) is 11.8 Å². The van der Waals surface area contributed by atoms with Gasteiger partial charge in [-0.05, 0) is 60.5 Å². The number of carbonyl (C=O) groups is 2. The summed E-state index contributed by atoms with van der Waals surface area (Å²) in [5, 5.41) is 6.34. The summed E-state index contributed by atoms with van der Waals surface area (Å²) in [6.45, 7) is 2.33. The average Bonchev–Trinajstić information content (AvgIpc) is 2.69. The molecule has 0 bridgehead atoms. The van der Waals surface area contributed by atoms with E-state index in [2.05, 4.69) is 10.6 Å². The molecule has 2 N–H and O–H groups in total. The van der Waals surface area contributed by atoms with E-state index >= 15 is 0 Å². The molecule has 3 aromatic rings. The Morgan fingerprint density at radius 3 is 2.11 bits per heavy atom. The van der Waals surface area contributed by atoms with Gasteiger partial charge in [-0.15, -0.1) is 0 Å². The molecule has 4 nitrogen and oxygen atoms in total.